The first-order valence-corrected chi connectivity index (χ1v) is 10.7. The topological polar surface area (TPSA) is 88.6 Å². The summed E-state index contributed by atoms with van der Waals surface area (Å²) >= 11 is 0. The van der Waals surface area contributed by atoms with Gasteiger partial charge in [-0.1, -0.05) is 13.8 Å². The number of nitrogens with two attached hydrogens (primary N) is 1. The molecule has 1 aliphatic heterocycles. The van der Waals surface area contributed by atoms with Crippen LogP contribution in [-0.4, -0.2) is 42.4 Å². The molecule has 0 radical (unpaired) electrons. The Morgan fingerprint density at radius 2 is 2.07 bits per heavy atom. The van der Waals surface area contributed by atoms with Gasteiger partial charge in [0.1, 0.15) is 5.58 Å². The highest BCUT2D eigenvalue weighted by Crippen LogP contribution is 2.30. The summed E-state index contributed by atoms with van der Waals surface area (Å²) in [6, 6.07) is 4.28. The molecule has 3 N–H and O–H groups in total. The number of benzene rings is 1. The van der Waals surface area contributed by atoms with Crippen molar-refractivity contribution in [2.45, 2.75) is 64.8 Å². The molecule has 30 heavy (non-hydrogen) atoms. The van der Waals surface area contributed by atoms with Crippen molar-refractivity contribution in [1.82, 2.24) is 10.2 Å². The average Bonchev–Trinajstić information content (AvgIpc) is 3.07. The fourth-order valence-electron chi connectivity index (χ4n) is 4.26. The smallest absolute Gasteiger partial charge is 0.227 e. The molecule has 0 saturated carbocycles. The van der Waals surface area contributed by atoms with Gasteiger partial charge in [-0.25, -0.2) is 0 Å². The highest BCUT2D eigenvalue weighted by molar-refractivity contribution is 5.89. The third-order valence-corrected chi connectivity index (χ3v) is 5.86. The Morgan fingerprint density at radius 1 is 1.30 bits per heavy atom. The largest absolute Gasteiger partial charge is 0.464 e. The van der Waals surface area contributed by atoms with Crippen LogP contribution in [0.3, 0.4) is 0 Å². The third-order valence-electron chi connectivity index (χ3n) is 5.86. The monoisotopic (exact) mass is 435 g/mol. The number of carbonyl (C=O) groups excluding carboxylic acids is 2. The van der Waals surface area contributed by atoms with Gasteiger partial charge in [0.05, 0.1) is 12.7 Å². The minimum absolute atomic E-state index is 0. The van der Waals surface area contributed by atoms with Gasteiger partial charge in [0.15, 0.2) is 0 Å². The predicted octanol–water partition coefficient (Wildman–Crippen LogP) is 3.68. The Morgan fingerprint density at radius 3 is 2.77 bits per heavy atom. The molecule has 1 saturated heterocycles. The van der Waals surface area contributed by atoms with E-state index in [0.29, 0.717) is 31.8 Å². The number of hydrogen-bond acceptors (Lipinski definition) is 4. The summed E-state index contributed by atoms with van der Waals surface area (Å²) < 4.78 is 5.75. The quantitative estimate of drug-likeness (QED) is 0.694. The van der Waals surface area contributed by atoms with Crippen LogP contribution in [0.1, 0.15) is 62.1 Å². The molecule has 166 valence electrons. The number of furan rings is 1. The van der Waals surface area contributed by atoms with Gasteiger partial charge in [-0.05, 0) is 55.4 Å². The van der Waals surface area contributed by atoms with E-state index in [1.807, 2.05) is 4.90 Å². The van der Waals surface area contributed by atoms with E-state index in [2.05, 4.69) is 38.2 Å². The molecule has 0 bridgehead atoms. The normalized spacial score (nSPS) is 16.6. The van der Waals surface area contributed by atoms with Crippen molar-refractivity contribution in [2.75, 3.05) is 19.6 Å². The first-order chi connectivity index (χ1) is 13.9. The van der Waals surface area contributed by atoms with E-state index < -0.39 is 0 Å². The van der Waals surface area contributed by atoms with E-state index >= 15 is 0 Å². The zero-order valence-electron chi connectivity index (χ0n) is 18.2. The lowest BCUT2D eigenvalue weighted by Gasteiger charge is -2.36. The van der Waals surface area contributed by atoms with Crippen molar-refractivity contribution in [3.63, 3.8) is 0 Å². The Kier molecular flexibility index (Phi) is 8.74. The van der Waals surface area contributed by atoms with Gasteiger partial charge in [-0.3, -0.25) is 9.59 Å². The molecule has 1 unspecified atom stereocenters. The summed E-state index contributed by atoms with van der Waals surface area (Å²) in [5.74, 6) is 0.460. The van der Waals surface area contributed by atoms with E-state index in [4.69, 9.17) is 10.2 Å². The Bertz CT molecular complexity index is 878. The van der Waals surface area contributed by atoms with Crippen LogP contribution < -0.4 is 11.1 Å². The first-order valence-electron chi connectivity index (χ1n) is 10.7. The number of aryl methyl sites for hydroxylation is 1. The SMILES string of the molecule is Cc1cc2occ(CC(=O)N3CCCCC3CNC(=O)CCN)c2cc1C(C)C.Cl. The summed E-state index contributed by atoms with van der Waals surface area (Å²) in [7, 11) is 0. The second-order valence-corrected chi connectivity index (χ2v) is 8.38. The molecule has 7 heteroatoms. The molecular formula is C23H34ClN3O3. The zero-order chi connectivity index (χ0) is 21.0. The number of likely N-dealkylation sites (tertiary alicyclic amines) is 1. The summed E-state index contributed by atoms with van der Waals surface area (Å²) in [5, 5.41) is 3.95. The standard InChI is InChI=1S/C23H33N3O3.ClH/c1-15(2)19-12-20-17(14-29-21(20)10-16(19)3)11-23(28)26-9-5-4-6-18(26)13-25-22(27)7-8-24;/h10,12,14-15,18H,4-9,11,13,24H2,1-3H3,(H,25,27);1H. The van der Waals surface area contributed by atoms with Gasteiger partial charge in [-0.2, -0.15) is 0 Å². The van der Waals surface area contributed by atoms with Crippen molar-refractivity contribution >= 4 is 35.2 Å². The Labute approximate surface area is 185 Å². The lowest BCUT2D eigenvalue weighted by molar-refractivity contribution is -0.134. The van der Waals surface area contributed by atoms with Crippen LogP contribution in [0.25, 0.3) is 11.0 Å². The number of hydrogen-bond donors (Lipinski definition) is 2. The van der Waals surface area contributed by atoms with Crippen LogP contribution in [0, 0.1) is 6.92 Å². The highest BCUT2D eigenvalue weighted by atomic mass is 35.5. The number of amides is 2. The molecular weight excluding hydrogens is 402 g/mol. The van der Waals surface area contributed by atoms with Crippen molar-refractivity contribution < 1.29 is 14.0 Å². The van der Waals surface area contributed by atoms with Crippen molar-refractivity contribution in [1.29, 1.82) is 0 Å². The molecule has 0 spiro atoms. The number of rotatable bonds is 7. The summed E-state index contributed by atoms with van der Waals surface area (Å²) in [5.41, 5.74) is 9.70. The number of nitrogens with one attached hydrogen (secondary N) is 1. The number of piperidine rings is 1. The lowest BCUT2D eigenvalue weighted by Crippen LogP contribution is -2.50. The maximum atomic E-state index is 13.1. The number of nitrogens with zero attached hydrogens (tertiary/aromatic N) is 1. The molecule has 1 aromatic carbocycles. The number of carbonyl (C=O) groups is 2. The summed E-state index contributed by atoms with van der Waals surface area (Å²) in [4.78, 5) is 26.8. The third kappa shape index (κ3) is 5.55. The Hall–Kier alpha value is -2.05. The molecule has 1 aliphatic rings. The molecule has 3 rings (SSSR count). The minimum Gasteiger partial charge on any atom is -0.464 e. The van der Waals surface area contributed by atoms with Crippen LogP contribution >= 0.6 is 12.4 Å². The fourth-order valence-corrected chi connectivity index (χ4v) is 4.26. The van der Waals surface area contributed by atoms with Gasteiger partial charge >= 0.3 is 0 Å². The van der Waals surface area contributed by atoms with Crippen molar-refractivity contribution in [3.8, 4) is 0 Å². The van der Waals surface area contributed by atoms with Gasteiger partial charge < -0.3 is 20.4 Å². The maximum absolute atomic E-state index is 13.1. The van der Waals surface area contributed by atoms with Gasteiger partial charge in [0, 0.05) is 43.0 Å². The van der Waals surface area contributed by atoms with Crippen LogP contribution in [0.5, 0.6) is 0 Å². The molecule has 2 aromatic rings. The van der Waals surface area contributed by atoms with Crippen LogP contribution in [0.15, 0.2) is 22.8 Å². The maximum Gasteiger partial charge on any atom is 0.227 e. The first kappa shape index (κ1) is 24.2. The van der Waals surface area contributed by atoms with Gasteiger partial charge in [-0.15, -0.1) is 12.4 Å². The highest BCUT2D eigenvalue weighted by Gasteiger charge is 2.27. The van der Waals surface area contributed by atoms with E-state index in [0.717, 1.165) is 42.3 Å². The second-order valence-electron chi connectivity index (χ2n) is 8.38. The van der Waals surface area contributed by atoms with E-state index in [-0.39, 0.29) is 30.3 Å². The molecule has 1 aromatic heterocycles. The second kappa shape index (κ2) is 10.8. The summed E-state index contributed by atoms with van der Waals surface area (Å²) in [6.07, 6.45) is 5.35. The van der Waals surface area contributed by atoms with Crippen LogP contribution in [0.2, 0.25) is 0 Å². The van der Waals surface area contributed by atoms with E-state index in [9.17, 15) is 9.59 Å². The zero-order valence-corrected chi connectivity index (χ0v) is 19.0. The fraction of sp³-hybridized carbons (Fsp3) is 0.565. The van der Waals surface area contributed by atoms with Gasteiger partial charge in [0.2, 0.25) is 11.8 Å². The molecule has 1 atom stereocenters. The predicted molar refractivity (Wildman–Crippen MR) is 122 cm³/mol. The van der Waals surface area contributed by atoms with Crippen LogP contribution in [-0.2, 0) is 16.0 Å². The van der Waals surface area contributed by atoms with Crippen molar-refractivity contribution in [2.24, 2.45) is 5.73 Å². The number of fused-ring (bicyclic) bond motifs is 1. The molecule has 2 amide bonds. The molecule has 1 fully saturated rings. The lowest BCUT2D eigenvalue weighted by atomic mass is 9.95. The molecule has 2 heterocycles. The minimum atomic E-state index is -0.0529. The number of halogens is 1. The Balaban J connectivity index is 0.00000320. The van der Waals surface area contributed by atoms with Gasteiger partial charge in [0.25, 0.3) is 0 Å². The van der Waals surface area contributed by atoms with E-state index in [1.54, 1.807) is 6.26 Å². The molecule has 6 nitrogen and oxygen atoms in total. The molecule has 0 aliphatic carbocycles. The van der Waals surface area contributed by atoms with E-state index in [1.165, 1.54) is 11.1 Å². The average molecular weight is 436 g/mol. The van der Waals surface area contributed by atoms with Crippen LogP contribution in [0.4, 0.5) is 0 Å². The summed E-state index contributed by atoms with van der Waals surface area (Å²) in [6.45, 7) is 8.02. The van der Waals surface area contributed by atoms with Crippen molar-refractivity contribution in [3.05, 3.63) is 35.1 Å².